The largest absolute Gasteiger partial charge is 0.0770 e. The maximum Gasteiger partial charge on any atom is 0.00304 e. The smallest absolute Gasteiger partial charge is 0.00304 e. The summed E-state index contributed by atoms with van der Waals surface area (Å²) in [5, 5.41) is 2.81. The molecule has 0 heteroatoms. The summed E-state index contributed by atoms with van der Waals surface area (Å²) in [4.78, 5) is 0. The highest BCUT2D eigenvalue weighted by Crippen LogP contribution is 2.29. The Bertz CT molecular complexity index is 876. The minimum atomic E-state index is 0.550. The number of hydrogen-bond acceptors (Lipinski definition) is 0. The third-order valence-electron chi connectivity index (χ3n) is 4.80. The molecular formula is C22H20. The van der Waals surface area contributed by atoms with Gasteiger partial charge in [-0.15, -0.1) is 0 Å². The summed E-state index contributed by atoms with van der Waals surface area (Å²) in [7, 11) is 0. The Morgan fingerprint density at radius 1 is 0.864 bits per heavy atom. The van der Waals surface area contributed by atoms with Gasteiger partial charge in [0.2, 0.25) is 0 Å². The molecule has 0 nitrogen and oxygen atoms in total. The van der Waals surface area contributed by atoms with Gasteiger partial charge in [-0.05, 0) is 46.9 Å². The Labute approximate surface area is 131 Å². The van der Waals surface area contributed by atoms with Crippen LogP contribution >= 0.6 is 0 Å². The molecule has 0 saturated heterocycles. The summed E-state index contributed by atoms with van der Waals surface area (Å²) in [6.07, 6.45) is 11.3. The van der Waals surface area contributed by atoms with Crippen molar-refractivity contribution in [1.29, 1.82) is 0 Å². The highest BCUT2D eigenvalue weighted by atomic mass is 14.2. The minimum absolute atomic E-state index is 0.550. The second kappa shape index (κ2) is 5.46. The Morgan fingerprint density at radius 2 is 1.64 bits per heavy atom. The quantitative estimate of drug-likeness (QED) is 0.745. The van der Waals surface area contributed by atoms with E-state index in [9.17, 15) is 0 Å². The molecule has 0 N–H and O–H groups in total. The Kier molecular flexibility index (Phi) is 3.31. The molecule has 2 aliphatic rings. The molecule has 4 rings (SSSR count). The molecule has 22 heavy (non-hydrogen) atoms. The lowest BCUT2D eigenvalue weighted by atomic mass is 9.89. The van der Waals surface area contributed by atoms with Gasteiger partial charge in [-0.3, -0.25) is 0 Å². The van der Waals surface area contributed by atoms with Crippen molar-refractivity contribution < 1.29 is 0 Å². The summed E-state index contributed by atoms with van der Waals surface area (Å²) in [6.45, 7) is 2.15. The zero-order chi connectivity index (χ0) is 14.9. The lowest BCUT2D eigenvalue weighted by molar-refractivity contribution is 0.747. The van der Waals surface area contributed by atoms with Crippen molar-refractivity contribution in [3.05, 3.63) is 94.4 Å². The molecule has 2 aromatic rings. The summed E-state index contributed by atoms with van der Waals surface area (Å²) in [6, 6.07) is 17.9. The molecule has 0 aliphatic heterocycles. The molecule has 108 valence electrons. The lowest BCUT2D eigenvalue weighted by Crippen LogP contribution is -2.29. The van der Waals surface area contributed by atoms with Crippen LogP contribution in [0.25, 0.3) is 11.1 Å². The summed E-state index contributed by atoms with van der Waals surface area (Å²) in [5.41, 5.74) is 5.64. The SMILES string of the molecule is Cc1ccc(C2=c3ccccc3=C3C=CC=CC3CC2)cc1. The molecule has 2 aliphatic carbocycles. The fourth-order valence-corrected chi connectivity index (χ4v) is 3.61. The third-order valence-corrected chi connectivity index (χ3v) is 4.80. The number of hydrogen-bond donors (Lipinski definition) is 0. The molecule has 0 saturated carbocycles. The van der Waals surface area contributed by atoms with Gasteiger partial charge in [-0.25, -0.2) is 0 Å². The van der Waals surface area contributed by atoms with Crippen molar-refractivity contribution in [2.75, 3.05) is 0 Å². The first-order valence-corrected chi connectivity index (χ1v) is 8.07. The Morgan fingerprint density at radius 3 is 2.45 bits per heavy atom. The zero-order valence-corrected chi connectivity index (χ0v) is 12.9. The number of fused-ring (bicyclic) bond motifs is 2. The minimum Gasteiger partial charge on any atom is -0.0770 e. The lowest BCUT2D eigenvalue weighted by Gasteiger charge is -2.15. The van der Waals surface area contributed by atoms with E-state index < -0.39 is 0 Å². The first-order valence-electron chi connectivity index (χ1n) is 8.07. The van der Waals surface area contributed by atoms with E-state index in [2.05, 4.69) is 79.8 Å². The molecule has 0 bridgehead atoms. The molecule has 0 spiro atoms. The van der Waals surface area contributed by atoms with E-state index >= 15 is 0 Å². The van der Waals surface area contributed by atoms with Gasteiger partial charge in [-0.2, -0.15) is 0 Å². The molecule has 1 atom stereocenters. The molecule has 0 amide bonds. The molecule has 0 aromatic heterocycles. The number of aryl methyl sites for hydroxylation is 1. The van der Waals surface area contributed by atoms with Gasteiger partial charge in [0.1, 0.15) is 0 Å². The van der Waals surface area contributed by atoms with Crippen LogP contribution in [0.4, 0.5) is 0 Å². The predicted molar refractivity (Wildman–Crippen MR) is 93.8 cm³/mol. The van der Waals surface area contributed by atoms with Crippen molar-refractivity contribution in [2.45, 2.75) is 19.8 Å². The van der Waals surface area contributed by atoms with Gasteiger partial charge < -0.3 is 0 Å². The maximum atomic E-state index is 2.35. The maximum absolute atomic E-state index is 2.35. The van der Waals surface area contributed by atoms with Crippen LogP contribution in [0, 0.1) is 12.8 Å². The molecule has 0 fully saturated rings. The van der Waals surface area contributed by atoms with Crippen LogP contribution in [0.1, 0.15) is 24.0 Å². The van der Waals surface area contributed by atoms with Gasteiger partial charge in [0, 0.05) is 5.92 Å². The third kappa shape index (κ3) is 2.25. The molecule has 0 radical (unpaired) electrons. The Balaban J connectivity index is 2.05. The van der Waals surface area contributed by atoms with Crippen LogP contribution in [0.15, 0.2) is 72.8 Å². The molecule has 2 aromatic carbocycles. The number of rotatable bonds is 1. The standard InChI is InChI=1S/C22H20/c1-16-10-12-18(13-11-16)20-15-14-17-6-2-3-7-19(17)21-8-4-5-9-22(20)21/h2-13,17H,14-15H2,1H3. The normalized spacial score (nSPS) is 19.6. The zero-order valence-electron chi connectivity index (χ0n) is 12.9. The van der Waals surface area contributed by atoms with Crippen LogP contribution in [-0.4, -0.2) is 0 Å². The fourth-order valence-electron chi connectivity index (χ4n) is 3.61. The van der Waals surface area contributed by atoms with E-state index in [0.29, 0.717) is 5.92 Å². The summed E-state index contributed by atoms with van der Waals surface area (Å²) < 4.78 is 0. The second-order valence-electron chi connectivity index (χ2n) is 6.23. The van der Waals surface area contributed by atoms with E-state index in [4.69, 9.17) is 0 Å². The van der Waals surface area contributed by atoms with E-state index in [1.54, 1.807) is 0 Å². The van der Waals surface area contributed by atoms with Gasteiger partial charge in [0.25, 0.3) is 0 Å². The van der Waals surface area contributed by atoms with Crippen molar-refractivity contribution >= 4 is 11.1 Å². The van der Waals surface area contributed by atoms with E-state index in [1.165, 1.54) is 39.1 Å². The van der Waals surface area contributed by atoms with Gasteiger partial charge in [0.15, 0.2) is 0 Å². The van der Waals surface area contributed by atoms with Crippen molar-refractivity contribution in [3.8, 4) is 0 Å². The average molecular weight is 284 g/mol. The molecule has 1 unspecified atom stereocenters. The van der Waals surface area contributed by atoms with Crippen molar-refractivity contribution in [2.24, 2.45) is 5.92 Å². The summed E-state index contributed by atoms with van der Waals surface area (Å²) >= 11 is 0. The first kappa shape index (κ1) is 13.3. The topological polar surface area (TPSA) is 0 Å². The highest BCUT2D eigenvalue weighted by Gasteiger charge is 2.18. The molecular weight excluding hydrogens is 264 g/mol. The van der Waals surface area contributed by atoms with Crippen molar-refractivity contribution in [1.82, 2.24) is 0 Å². The van der Waals surface area contributed by atoms with Crippen LogP contribution in [0.2, 0.25) is 0 Å². The van der Waals surface area contributed by atoms with E-state index in [1.807, 2.05) is 0 Å². The summed E-state index contributed by atoms with van der Waals surface area (Å²) in [5.74, 6) is 0.550. The van der Waals surface area contributed by atoms with Crippen molar-refractivity contribution in [3.63, 3.8) is 0 Å². The monoisotopic (exact) mass is 284 g/mol. The second-order valence-corrected chi connectivity index (χ2v) is 6.23. The number of allylic oxidation sites excluding steroid dienone is 4. The average Bonchev–Trinajstić information content (AvgIpc) is 2.73. The highest BCUT2D eigenvalue weighted by molar-refractivity contribution is 5.71. The predicted octanol–water partition coefficient (Wildman–Crippen LogP) is 3.88. The van der Waals surface area contributed by atoms with E-state index in [0.717, 1.165) is 6.42 Å². The first-order chi connectivity index (χ1) is 10.8. The van der Waals surface area contributed by atoms with Crippen LogP contribution in [-0.2, 0) is 0 Å². The van der Waals surface area contributed by atoms with Gasteiger partial charge in [0.05, 0.1) is 0 Å². The van der Waals surface area contributed by atoms with Crippen LogP contribution in [0.5, 0.6) is 0 Å². The van der Waals surface area contributed by atoms with Gasteiger partial charge >= 0.3 is 0 Å². The molecule has 0 heterocycles. The van der Waals surface area contributed by atoms with Crippen LogP contribution < -0.4 is 10.4 Å². The van der Waals surface area contributed by atoms with Crippen LogP contribution in [0.3, 0.4) is 0 Å². The number of benzene rings is 2. The Hall–Kier alpha value is -2.34. The fraction of sp³-hybridized carbons (Fsp3) is 0.182. The van der Waals surface area contributed by atoms with E-state index in [-0.39, 0.29) is 0 Å². The van der Waals surface area contributed by atoms with Gasteiger partial charge in [-0.1, -0.05) is 78.4 Å².